The lowest BCUT2D eigenvalue weighted by atomic mass is 9.79. The minimum atomic E-state index is -0.0149. The number of rotatable bonds is 2. The first-order chi connectivity index (χ1) is 10.2. The van der Waals surface area contributed by atoms with Gasteiger partial charge in [0.1, 0.15) is 5.52 Å². The fourth-order valence-electron chi connectivity index (χ4n) is 3.78. The van der Waals surface area contributed by atoms with E-state index >= 15 is 0 Å². The predicted octanol–water partition coefficient (Wildman–Crippen LogP) is 2.04. The topological polar surface area (TPSA) is 58.4 Å². The number of oxazole rings is 1. The molecule has 110 valence electrons. The summed E-state index contributed by atoms with van der Waals surface area (Å²) in [5.41, 5.74) is 2.08. The average molecular weight is 285 g/mol. The van der Waals surface area contributed by atoms with Gasteiger partial charge in [-0.3, -0.25) is 9.69 Å². The summed E-state index contributed by atoms with van der Waals surface area (Å²) in [5, 5.41) is 3.23. The van der Waals surface area contributed by atoms with Crippen molar-refractivity contribution in [2.45, 2.75) is 31.8 Å². The van der Waals surface area contributed by atoms with Crippen molar-refractivity contribution in [3.8, 4) is 0 Å². The van der Waals surface area contributed by atoms with E-state index in [1.165, 1.54) is 32.3 Å². The molecule has 5 nitrogen and oxygen atoms in total. The molecular weight excluding hydrogens is 266 g/mol. The Labute approximate surface area is 123 Å². The number of aromatic nitrogens is 1. The Morgan fingerprint density at radius 1 is 1.38 bits per heavy atom. The molecule has 0 spiro atoms. The maximum Gasteiger partial charge on any atom is 0.251 e. The number of carbonyl (C=O) groups is 1. The first-order valence-electron chi connectivity index (χ1n) is 7.60. The third-order valence-electron chi connectivity index (χ3n) is 5.07. The minimum Gasteiger partial charge on any atom is -0.443 e. The summed E-state index contributed by atoms with van der Waals surface area (Å²) in [4.78, 5) is 19.1. The van der Waals surface area contributed by atoms with Crippen LogP contribution in [0.3, 0.4) is 0 Å². The molecule has 3 saturated heterocycles. The van der Waals surface area contributed by atoms with E-state index in [-0.39, 0.29) is 11.9 Å². The number of hydrogen-bond donors (Lipinski definition) is 1. The number of fused-ring (bicyclic) bond motifs is 4. The third-order valence-corrected chi connectivity index (χ3v) is 5.07. The molecule has 1 aromatic carbocycles. The molecular formula is C16H19N3O2. The quantitative estimate of drug-likeness (QED) is 0.917. The van der Waals surface area contributed by atoms with Crippen LogP contribution in [-0.4, -0.2) is 41.0 Å². The van der Waals surface area contributed by atoms with Gasteiger partial charge in [-0.1, -0.05) is 0 Å². The Hall–Kier alpha value is -1.88. The van der Waals surface area contributed by atoms with Crippen LogP contribution < -0.4 is 5.32 Å². The van der Waals surface area contributed by atoms with Crippen LogP contribution in [-0.2, 0) is 0 Å². The van der Waals surface area contributed by atoms with Crippen LogP contribution in [0.2, 0.25) is 0 Å². The standard InChI is InChI=1S/C16H19N3O2/c1-10-15(11-4-6-19(10)7-5-11)18-16(20)12-2-3-13-14(8-12)21-9-17-13/h2-3,8-11,15H,4-7H2,1H3,(H,18,20)/t10-,15-/m0/s1. The maximum absolute atomic E-state index is 12.5. The lowest BCUT2D eigenvalue weighted by Gasteiger charge is -2.49. The number of amides is 1. The SMILES string of the molecule is C[C@H]1[C@H](NC(=O)c2ccc3ncoc3c2)C2CCN1CC2. The first-order valence-corrected chi connectivity index (χ1v) is 7.60. The summed E-state index contributed by atoms with van der Waals surface area (Å²) in [6, 6.07) is 6.09. The Morgan fingerprint density at radius 2 is 2.19 bits per heavy atom. The molecule has 1 amide bonds. The van der Waals surface area contributed by atoms with Gasteiger partial charge in [0.05, 0.1) is 0 Å². The second kappa shape index (κ2) is 4.84. The van der Waals surface area contributed by atoms with Crippen molar-refractivity contribution in [1.82, 2.24) is 15.2 Å². The van der Waals surface area contributed by atoms with Crippen molar-refractivity contribution >= 4 is 17.0 Å². The number of nitrogens with zero attached hydrogens (tertiary/aromatic N) is 2. The van der Waals surface area contributed by atoms with Gasteiger partial charge in [0.15, 0.2) is 12.0 Å². The number of benzene rings is 1. The molecule has 2 atom stereocenters. The summed E-state index contributed by atoms with van der Waals surface area (Å²) in [6.45, 7) is 4.56. The molecule has 5 rings (SSSR count). The van der Waals surface area contributed by atoms with E-state index in [4.69, 9.17) is 4.42 Å². The Morgan fingerprint density at radius 3 is 2.95 bits per heavy atom. The number of nitrogens with one attached hydrogen (secondary N) is 1. The van der Waals surface area contributed by atoms with E-state index in [9.17, 15) is 4.79 Å². The van der Waals surface area contributed by atoms with Gasteiger partial charge in [0.25, 0.3) is 5.91 Å². The zero-order valence-electron chi connectivity index (χ0n) is 12.1. The van der Waals surface area contributed by atoms with Gasteiger partial charge in [-0.05, 0) is 57.0 Å². The number of piperidine rings is 3. The third kappa shape index (κ3) is 2.12. The van der Waals surface area contributed by atoms with Crippen molar-refractivity contribution in [3.05, 3.63) is 30.2 Å². The highest BCUT2D eigenvalue weighted by molar-refractivity contribution is 5.97. The normalized spacial score (nSPS) is 31.5. The molecule has 2 bridgehead atoms. The molecule has 0 radical (unpaired) electrons. The van der Waals surface area contributed by atoms with Crippen molar-refractivity contribution in [2.75, 3.05) is 13.1 Å². The Bertz CT molecular complexity index is 671. The highest BCUT2D eigenvalue weighted by Crippen LogP contribution is 2.32. The zero-order chi connectivity index (χ0) is 14.4. The molecule has 3 aliphatic rings. The number of hydrogen-bond acceptors (Lipinski definition) is 4. The van der Waals surface area contributed by atoms with Gasteiger partial charge in [0.2, 0.25) is 0 Å². The highest BCUT2D eigenvalue weighted by atomic mass is 16.3. The molecule has 0 unspecified atom stereocenters. The van der Waals surface area contributed by atoms with Crippen molar-refractivity contribution in [1.29, 1.82) is 0 Å². The van der Waals surface area contributed by atoms with Gasteiger partial charge in [0, 0.05) is 17.6 Å². The lowest BCUT2D eigenvalue weighted by Crippen LogP contribution is -2.62. The van der Waals surface area contributed by atoms with Crippen LogP contribution in [0.15, 0.2) is 29.0 Å². The fraction of sp³-hybridized carbons (Fsp3) is 0.500. The second-order valence-corrected chi connectivity index (χ2v) is 6.15. The lowest BCUT2D eigenvalue weighted by molar-refractivity contribution is 0.0217. The van der Waals surface area contributed by atoms with Crippen LogP contribution in [0.25, 0.3) is 11.1 Å². The summed E-state index contributed by atoms with van der Waals surface area (Å²) in [5.74, 6) is 0.599. The molecule has 0 saturated carbocycles. The van der Waals surface area contributed by atoms with Crippen LogP contribution in [0, 0.1) is 5.92 Å². The maximum atomic E-state index is 12.5. The van der Waals surface area contributed by atoms with Gasteiger partial charge in [-0.25, -0.2) is 4.98 Å². The molecule has 2 aromatic rings. The van der Waals surface area contributed by atoms with Crippen molar-refractivity contribution in [2.24, 2.45) is 5.92 Å². The Balaban J connectivity index is 1.54. The molecule has 4 heterocycles. The molecule has 5 heteroatoms. The predicted molar refractivity (Wildman–Crippen MR) is 79.0 cm³/mol. The minimum absolute atomic E-state index is 0.0149. The second-order valence-electron chi connectivity index (χ2n) is 6.15. The molecule has 3 aliphatic heterocycles. The van der Waals surface area contributed by atoms with Gasteiger partial charge >= 0.3 is 0 Å². The first kappa shape index (κ1) is 12.8. The molecule has 0 aliphatic carbocycles. The van der Waals surface area contributed by atoms with Crippen LogP contribution in [0.1, 0.15) is 30.1 Å². The Kier molecular flexibility index (Phi) is 2.96. The van der Waals surface area contributed by atoms with E-state index < -0.39 is 0 Å². The van der Waals surface area contributed by atoms with E-state index in [1.54, 1.807) is 6.07 Å². The highest BCUT2D eigenvalue weighted by Gasteiger charge is 2.40. The van der Waals surface area contributed by atoms with Crippen LogP contribution in [0.4, 0.5) is 0 Å². The van der Waals surface area contributed by atoms with Crippen molar-refractivity contribution < 1.29 is 9.21 Å². The molecule has 1 N–H and O–H groups in total. The van der Waals surface area contributed by atoms with E-state index in [1.807, 2.05) is 12.1 Å². The van der Waals surface area contributed by atoms with Crippen LogP contribution >= 0.6 is 0 Å². The smallest absolute Gasteiger partial charge is 0.251 e. The summed E-state index contributed by atoms with van der Waals surface area (Å²) in [6.07, 6.45) is 3.79. The van der Waals surface area contributed by atoms with E-state index in [2.05, 4.69) is 22.1 Å². The van der Waals surface area contributed by atoms with Crippen molar-refractivity contribution in [3.63, 3.8) is 0 Å². The molecule has 21 heavy (non-hydrogen) atoms. The van der Waals surface area contributed by atoms with E-state index in [0.717, 1.165) is 5.52 Å². The largest absolute Gasteiger partial charge is 0.443 e. The van der Waals surface area contributed by atoms with E-state index in [0.29, 0.717) is 23.1 Å². The molecule has 3 fully saturated rings. The van der Waals surface area contributed by atoms with Crippen LogP contribution in [0.5, 0.6) is 0 Å². The monoisotopic (exact) mass is 285 g/mol. The van der Waals surface area contributed by atoms with Gasteiger partial charge in [-0.2, -0.15) is 0 Å². The fourth-order valence-corrected chi connectivity index (χ4v) is 3.78. The summed E-state index contributed by atoms with van der Waals surface area (Å²) in [7, 11) is 0. The average Bonchev–Trinajstić information content (AvgIpc) is 2.98. The number of carbonyl (C=O) groups excluding carboxylic acids is 1. The van der Waals surface area contributed by atoms with Gasteiger partial charge in [-0.15, -0.1) is 0 Å². The molecule has 1 aromatic heterocycles. The zero-order valence-corrected chi connectivity index (χ0v) is 12.1. The summed E-state index contributed by atoms with van der Waals surface area (Å²) < 4.78 is 5.27. The summed E-state index contributed by atoms with van der Waals surface area (Å²) >= 11 is 0. The van der Waals surface area contributed by atoms with Gasteiger partial charge < -0.3 is 9.73 Å².